The van der Waals surface area contributed by atoms with Gasteiger partial charge in [0.2, 0.25) is 47.3 Å². The van der Waals surface area contributed by atoms with Crippen LogP contribution in [-0.4, -0.2) is 171 Å². The largest absolute Gasteiger partial charge is 0.481 e. The number of carboxylic acid groups (broad SMARTS) is 2. The van der Waals surface area contributed by atoms with Crippen LogP contribution in [0, 0.1) is 5.92 Å². The normalized spacial score (nSPS) is 17.6. The molecule has 28 heteroatoms. The Morgan fingerprint density at radius 1 is 0.714 bits per heavy atom. The van der Waals surface area contributed by atoms with Crippen LogP contribution in [0.25, 0.3) is 10.9 Å². The standard InChI is InChI=1S/C47H74N16O10.C2H4O2/c1-4-25(2)37(45(72)73)61-41(68)32(14-8-20-55-47(52)53)58-38(65)26(3)57-40(67)31(13-7-19-54-46(50)51)59-42(69)34-15-9-21-62(34)44(71)35-16-10-22-63(35)43(70)33(17-18-36(49)64)60-39(66)29(48)23-27-24-56-30-12-6-5-11-28(27)30;1-2(3)4/h5-6,11-12,24-26,29,31-35,37,56H,4,7-10,13-23,48H2,1-3H3,(H2,49,64)(H,57,67)(H,58,65)(H,59,69)(H,60,66)(H,61,68)(H,72,73)(H4,50,51,54)(H4,52,53,55);1H3,(H,3,4). The molecule has 4 rings (SSSR count). The first-order chi connectivity index (χ1) is 36.4. The first kappa shape index (κ1) is 63.3. The molecule has 3 heterocycles. The van der Waals surface area contributed by atoms with E-state index in [-0.39, 0.29) is 95.9 Å². The van der Waals surface area contributed by atoms with Crippen molar-refractivity contribution >= 4 is 82.0 Å². The molecule has 2 aliphatic heterocycles. The molecule has 0 saturated carbocycles. The molecule has 0 radical (unpaired) electrons. The van der Waals surface area contributed by atoms with E-state index in [9.17, 15) is 48.3 Å². The Morgan fingerprint density at radius 3 is 1.83 bits per heavy atom. The van der Waals surface area contributed by atoms with Crippen molar-refractivity contribution in [1.82, 2.24) is 41.4 Å². The summed E-state index contributed by atoms with van der Waals surface area (Å²) in [7, 11) is 0. The van der Waals surface area contributed by atoms with E-state index in [1.807, 2.05) is 24.3 Å². The van der Waals surface area contributed by atoms with Crippen molar-refractivity contribution in [3.63, 3.8) is 0 Å². The molecule has 1 aromatic carbocycles. The highest BCUT2D eigenvalue weighted by Gasteiger charge is 2.44. The predicted octanol–water partition coefficient (Wildman–Crippen LogP) is -2.94. The lowest BCUT2D eigenvalue weighted by Gasteiger charge is -2.33. The number of aromatic amines is 1. The van der Waals surface area contributed by atoms with E-state index in [0.717, 1.165) is 23.4 Å². The minimum atomic E-state index is -1.29. The SMILES string of the molecule is CC(=O)O.CCC(C)C(NC(=O)C(CCCN=C(N)N)NC(=O)C(C)NC(=O)C(CCCN=C(N)N)NC(=O)C1CCCN1C(=O)C1CCCN1C(=O)C(CCC(N)=O)NC(=O)C(N)Cc1c[nH]c2ccccc12)C(=O)O. The molecule has 28 nitrogen and oxygen atoms in total. The number of nitrogens with two attached hydrogens (primary N) is 6. The topological polar surface area (TPSA) is 474 Å². The Balaban J connectivity index is 0.00000376. The fraction of sp³-hybridized carbons (Fsp3) is 0.592. The summed E-state index contributed by atoms with van der Waals surface area (Å²) < 4.78 is 0. The van der Waals surface area contributed by atoms with Crippen molar-refractivity contribution in [2.75, 3.05) is 26.2 Å². The number of aliphatic imine (C=N–C) groups is 2. The number of benzene rings is 1. The highest BCUT2D eigenvalue weighted by atomic mass is 16.4. The number of aliphatic carboxylic acids is 2. The van der Waals surface area contributed by atoms with Gasteiger partial charge in [-0.1, -0.05) is 38.5 Å². The van der Waals surface area contributed by atoms with Gasteiger partial charge in [-0.15, -0.1) is 0 Å². The molecule has 0 spiro atoms. The Morgan fingerprint density at radius 2 is 1.26 bits per heavy atom. The summed E-state index contributed by atoms with van der Waals surface area (Å²) in [5.41, 5.74) is 35.3. The average Bonchev–Trinajstić information content (AvgIpc) is 4.16. The van der Waals surface area contributed by atoms with Gasteiger partial charge in [0.15, 0.2) is 11.9 Å². The Kier molecular flexibility index (Phi) is 25.6. The monoisotopic (exact) mass is 1080 g/mol. The molecular formula is C49H78N16O12. The van der Waals surface area contributed by atoms with Crippen LogP contribution >= 0.6 is 0 Å². The van der Waals surface area contributed by atoms with Crippen LogP contribution in [0.1, 0.15) is 104 Å². The van der Waals surface area contributed by atoms with E-state index in [1.165, 1.54) is 16.7 Å². The maximum absolute atomic E-state index is 14.4. The van der Waals surface area contributed by atoms with E-state index < -0.39 is 113 Å². The second-order valence-corrected chi connectivity index (χ2v) is 19.1. The minimum Gasteiger partial charge on any atom is -0.481 e. The lowest BCUT2D eigenvalue weighted by atomic mass is 9.98. The number of aromatic nitrogens is 1. The van der Waals surface area contributed by atoms with Gasteiger partial charge in [0.05, 0.1) is 6.04 Å². The molecule has 9 atom stereocenters. The number of nitrogens with one attached hydrogen (secondary N) is 6. The number of primary amides is 1. The number of carbonyl (C=O) groups is 10. The van der Waals surface area contributed by atoms with Gasteiger partial charge in [0.1, 0.15) is 42.3 Å². The maximum atomic E-state index is 14.4. The number of carboxylic acids is 2. The molecule has 0 aliphatic carbocycles. The molecule has 2 aromatic rings. The summed E-state index contributed by atoms with van der Waals surface area (Å²) in [6, 6.07) is -1.96. The molecule has 9 unspecified atom stereocenters. The van der Waals surface area contributed by atoms with Crippen molar-refractivity contribution in [3.05, 3.63) is 36.0 Å². The third kappa shape index (κ3) is 20.2. The molecule has 2 aliphatic rings. The summed E-state index contributed by atoms with van der Waals surface area (Å²) in [5, 5.41) is 31.2. The number of carbonyl (C=O) groups excluding carboxylic acids is 8. The maximum Gasteiger partial charge on any atom is 0.326 e. The predicted molar refractivity (Wildman–Crippen MR) is 283 cm³/mol. The number of hydrogen-bond acceptors (Lipinski definition) is 13. The van der Waals surface area contributed by atoms with Crippen LogP contribution in [0.5, 0.6) is 0 Å². The molecule has 2 fully saturated rings. The van der Waals surface area contributed by atoms with Gasteiger partial charge in [-0.25, -0.2) is 4.79 Å². The summed E-state index contributed by atoms with van der Waals surface area (Å²) in [5.74, 6) is -8.44. The number of hydrogen-bond donors (Lipinski definition) is 14. The minimum absolute atomic E-state index is 0.00295. The fourth-order valence-electron chi connectivity index (χ4n) is 8.86. The Bertz CT molecular complexity index is 2450. The summed E-state index contributed by atoms with van der Waals surface area (Å²) >= 11 is 0. The molecule has 77 heavy (non-hydrogen) atoms. The van der Waals surface area contributed by atoms with E-state index in [4.69, 9.17) is 44.3 Å². The van der Waals surface area contributed by atoms with Crippen molar-refractivity contribution in [1.29, 1.82) is 0 Å². The van der Waals surface area contributed by atoms with Crippen LogP contribution in [0.4, 0.5) is 0 Å². The van der Waals surface area contributed by atoms with E-state index in [1.54, 1.807) is 20.0 Å². The molecule has 2 saturated heterocycles. The summed E-state index contributed by atoms with van der Waals surface area (Å²) in [6.45, 7) is 6.36. The van der Waals surface area contributed by atoms with Crippen LogP contribution in [-0.2, 0) is 54.4 Å². The van der Waals surface area contributed by atoms with Gasteiger partial charge < -0.3 is 86.0 Å². The van der Waals surface area contributed by atoms with Crippen LogP contribution in [0.3, 0.4) is 0 Å². The van der Waals surface area contributed by atoms with Crippen molar-refractivity contribution < 1.29 is 58.2 Å². The number of H-pyrrole nitrogens is 1. The highest BCUT2D eigenvalue weighted by Crippen LogP contribution is 2.27. The molecule has 20 N–H and O–H groups in total. The Labute approximate surface area is 446 Å². The van der Waals surface area contributed by atoms with E-state index >= 15 is 0 Å². The quantitative estimate of drug-likeness (QED) is 0.0230. The van der Waals surface area contributed by atoms with Gasteiger partial charge in [-0.05, 0) is 88.7 Å². The Hall–Kier alpha value is -8.04. The second kappa shape index (κ2) is 31.1. The first-order valence-corrected chi connectivity index (χ1v) is 25.6. The van der Waals surface area contributed by atoms with Crippen molar-refractivity contribution in [2.24, 2.45) is 50.3 Å². The zero-order valence-corrected chi connectivity index (χ0v) is 44.1. The number of likely N-dealkylation sites (tertiary alicyclic amines) is 2. The van der Waals surface area contributed by atoms with Crippen LogP contribution < -0.4 is 61.0 Å². The average molecular weight is 1080 g/mol. The number of amides is 8. The van der Waals surface area contributed by atoms with Crippen molar-refractivity contribution in [2.45, 2.75) is 153 Å². The van der Waals surface area contributed by atoms with E-state index in [2.05, 4.69) is 41.6 Å². The lowest BCUT2D eigenvalue weighted by Crippen LogP contribution is -2.59. The smallest absolute Gasteiger partial charge is 0.326 e. The molecule has 0 bridgehead atoms. The molecular weight excluding hydrogens is 1000 g/mol. The van der Waals surface area contributed by atoms with E-state index in [0.29, 0.717) is 19.3 Å². The highest BCUT2D eigenvalue weighted by molar-refractivity contribution is 5.98. The second-order valence-electron chi connectivity index (χ2n) is 19.1. The van der Waals surface area contributed by atoms with Gasteiger partial charge in [-0.2, -0.15) is 0 Å². The zero-order valence-electron chi connectivity index (χ0n) is 44.1. The van der Waals surface area contributed by atoms with Gasteiger partial charge in [0.25, 0.3) is 5.97 Å². The fourth-order valence-corrected chi connectivity index (χ4v) is 8.86. The molecule has 1 aromatic heterocycles. The zero-order chi connectivity index (χ0) is 57.5. The third-order valence-corrected chi connectivity index (χ3v) is 13.1. The summed E-state index contributed by atoms with van der Waals surface area (Å²) in [6.07, 6.45) is 3.66. The van der Waals surface area contributed by atoms with Crippen LogP contribution in [0.2, 0.25) is 0 Å². The van der Waals surface area contributed by atoms with Crippen LogP contribution in [0.15, 0.2) is 40.4 Å². The number of fused-ring (bicyclic) bond motifs is 1. The van der Waals surface area contributed by atoms with Gasteiger partial charge in [-0.3, -0.25) is 53.1 Å². The number of rotatable bonds is 28. The number of para-hydroxylation sites is 1. The van der Waals surface area contributed by atoms with Gasteiger partial charge >= 0.3 is 5.97 Å². The lowest BCUT2D eigenvalue weighted by molar-refractivity contribution is -0.148. The third-order valence-electron chi connectivity index (χ3n) is 13.1. The van der Waals surface area contributed by atoms with Crippen molar-refractivity contribution in [3.8, 4) is 0 Å². The molecule has 8 amide bonds. The summed E-state index contributed by atoms with van der Waals surface area (Å²) in [4.78, 5) is 144. The molecule has 426 valence electrons. The van der Waals surface area contributed by atoms with Gasteiger partial charge in [0, 0.05) is 56.6 Å². The number of nitrogens with zero attached hydrogens (tertiary/aromatic N) is 4. The first-order valence-electron chi connectivity index (χ1n) is 25.6. The number of guanidine groups is 2.